The lowest BCUT2D eigenvalue weighted by atomic mass is 10.1. The fourth-order valence-corrected chi connectivity index (χ4v) is 2.84. The Labute approximate surface area is 129 Å². The number of hydrogen-bond donors (Lipinski definition) is 0. The predicted molar refractivity (Wildman–Crippen MR) is 83.2 cm³/mol. The van der Waals surface area contributed by atoms with Gasteiger partial charge in [-0.3, -0.25) is 4.79 Å². The van der Waals surface area contributed by atoms with Crippen LogP contribution in [0.1, 0.15) is 46.2 Å². The molecule has 1 aliphatic carbocycles. The molecule has 0 N–H and O–H groups in total. The van der Waals surface area contributed by atoms with E-state index in [0.717, 1.165) is 17.0 Å². The van der Waals surface area contributed by atoms with Crippen molar-refractivity contribution in [1.82, 2.24) is 4.57 Å². The normalized spacial score (nSPS) is 13.7. The monoisotopic (exact) mass is 294 g/mol. The van der Waals surface area contributed by atoms with Crippen molar-refractivity contribution in [1.29, 1.82) is 5.26 Å². The van der Waals surface area contributed by atoms with Gasteiger partial charge in [0.25, 0.3) is 0 Å². The highest BCUT2D eigenvalue weighted by atomic mass is 16.5. The van der Waals surface area contributed by atoms with E-state index in [4.69, 9.17) is 10.00 Å². The van der Waals surface area contributed by atoms with Gasteiger partial charge in [0.1, 0.15) is 5.75 Å². The maximum Gasteiger partial charge on any atom is 0.202 e. The molecule has 0 spiro atoms. The molecule has 1 aliphatic rings. The van der Waals surface area contributed by atoms with Crippen LogP contribution in [-0.2, 0) is 0 Å². The van der Waals surface area contributed by atoms with Crippen LogP contribution in [0.3, 0.4) is 0 Å². The number of carbonyl (C=O) groups is 1. The van der Waals surface area contributed by atoms with E-state index in [1.54, 1.807) is 24.3 Å². The van der Waals surface area contributed by atoms with Crippen LogP contribution in [0.15, 0.2) is 30.3 Å². The summed E-state index contributed by atoms with van der Waals surface area (Å²) in [6.07, 6.45) is 2.39. The average molecular weight is 294 g/mol. The van der Waals surface area contributed by atoms with Crippen LogP contribution in [0.5, 0.6) is 5.75 Å². The zero-order chi connectivity index (χ0) is 15.7. The van der Waals surface area contributed by atoms with Gasteiger partial charge in [-0.05, 0) is 51.0 Å². The number of hydrogen-bond acceptors (Lipinski definition) is 3. The van der Waals surface area contributed by atoms with Crippen molar-refractivity contribution in [3.05, 3.63) is 52.8 Å². The van der Waals surface area contributed by atoms with Crippen molar-refractivity contribution >= 4 is 5.78 Å². The molecule has 1 aromatic carbocycles. The second-order valence-electron chi connectivity index (χ2n) is 5.74. The SMILES string of the molecule is Cc1cc(C(=O)COc2cccc(C#N)c2)c(C)n1C1CC1. The molecule has 1 heterocycles. The number of carbonyl (C=O) groups excluding carboxylic acids is 1. The minimum Gasteiger partial charge on any atom is -0.485 e. The maximum absolute atomic E-state index is 12.4. The summed E-state index contributed by atoms with van der Waals surface area (Å²) in [5, 5.41) is 8.87. The molecule has 1 fully saturated rings. The zero-order valence-corrected chi connectivity index (χ0v) is 12.8. The van der Waals surface area contributed by atoms with Gasteiger partial charge in [-0.25, -0.2) is 0 Å². The van der Waals surface area contributed by atoms with Crippen molar-refractivity contribution in [3.8, 4) is 11.8 Å². The standard InChI is InChI=1S/C18H18N2O2/c1-12-8-17(13(2)20(12)15-6-7-15)18(21)11-22-16-5-3-4-14(9-16)10-19/h3-5,8-9,15H,6-7,11H2,1-2H3. The Bertz CT molecular complexity index is 764. The summed E-state index contributed by atoms with van der Waals surface area (Å²) in [7, 11) is 0. The minimum absolute atomic E-state index is 0.0101. The van der Waals surface area contributed by atoms with Crippen LogP contribution in [0.25, 0.3) is 0 Å². The first-order chi connectivity index (χ1) is 10.6. The molecule has 0 atom stereocenters. The Morgan fingerprint density at radius 3 is 2.82 bits per heavy atom. The lowest BCUT2D eigenvalue weighted by Crippen LogP contribution is -2.12. The van der Waals surface area contributed by atoms with E-state index in [2.05, 4.69) is 10.6 Å². The molecule has 0 aliphatic heterocycles. The summed E-state index contributed by atoms with van der Waals surface area (Å²) < 4.78 is 7.79. The van der Waals surface area contributed by atoms with E-state index in [9.17, 15) is 4.79 Å². The number of aryl methyl sites for hydroxylation is 1. The Morgan fingerprint density at radius 2 is 2.14 bits per heavy atom. The van der Waals surface area contributed by atoms with E-state index >= 15 is 0 Å². The van der Waals surface area contributed by atoms with Crippen molar-refractivity contribution in [3.63, 3.8) is 0 Å². The number of Topliss-reactive ketones (excluding diaryl/α,β-unsaturated/α-hetero) is 1. The summed E-state index contributed by atoms with van der Waals surface area (Å²) in [6.45, 7) is 4.03. The maximum atomic E-state index is 12.4. The fourth-order valence-electron chi connectivity index (χ4n) is 2.84. The van der Waals surface area contributed by atoms with Crippen molar-refractivity contribution in [2.45, 2.75) is 32.7 Å². The third-order valence-electron chi connectivity index (χ3n) is 4.03. The van der Waals surface area contributed by atoms with Gasteiger partial charge in [-0.1, -0.05) is 6.07 Å². The van der Waals surface area contributed by atoms with Gasteiger partial charge in [0.05, 0.1) is 11.6 Å². The molecule has 4 nitrogen and oxygen atoms in total. The van der Waals surface area contributed by atoms with E-state index in [1.165, 1.54) is 12.8 Å². The molecule has 3 rings (SSSR count). The number of ether oxygens (including phenoxy) is 1. The molecule has 2 aromatic rings. The summed E-state index contributed by atoms with van der Waals surface area (Å²) in [5.74, 6) is 0.519. The van der Waals surface area contributed by atoms with Gasteiger partial charge in [0.15, 0.2) is 6.61 Å². The van der Waals surface area contributed by atoms with Crippen LogP contribution in [0, 0.1) is 25.2 Å². The molecule has 1 aromatic heterocycles. The second kappa shape index (κ2) is 5.69. The Hall–Kier alpha value is -2.54. The predicted octanol–water partition coefficient (Wildman–Crippen LogP) is 3.57. The number of rotatable bonds is 5. The van der Waals surface area contributed by atoms with Gasteiger partial charge in [-0.15, -0.1) is 0 Å². The second-order valence-corrected chi connectivity index (χ2v) is 5.74. The van der Waals surface area contributed by atoms with Crippen molar-refractivity contribution in [2.75, 3.05) is 6.61 Å². The summed E-state index contributed by atoms with van der Waals surface area (Å²) in [6, 6.07) is 11.4. The van der Waals surface area contributed by atoms with Gasteiger partial charge in [-0.2, -0.15) is 5.26 Å². The first-order valence-corrected chi connectivity index (χ1v) is 7.44. The van der Waals surface area contributed by atoms with Crippen LogP contribution in [-0.4, -0.2) is 17.0 Å². The van der Waals surface area contributed by atoms with Crippen molar-refractivity contribution < 1.29 is 9.53 Å². The molecule has 4 heteroatoms. The van der Waals surface area contributed by atoms with Crippen LogP contribution in [0.2, 0.25) is 0 Å². The summed E-state index contributed by atoms with van der Waals surface area (Å²) in [5.41, 5.74) is 3.42. The van der Waals surface area contributed by atoms with Gasteiger partial charge in [0, 0.05) is 23.0 Å². The molecule has 0 bridgehead atoms. The molecule has 0 saturated heterocycles. The van der Waals surface area contributed by atoms with Crippen LogP contribution in [0.4, 0.5) is 0 Å². The van der Waals surface area contributed by atoms with Gasteiger partial charge < -0.3 is 9.30 Å². The van der Waals surface area contributed by atoms with E-state index < -0.39 is 0 Å². The molecular formula is C18H18N2O2. The Kier molecular flexibility index (Phi) is 3.72. The number of benzene rings is 1. The smallest absolute Gasteiger partial charge is 0.202 e. The van der Waals surface area contributed by atoms with Gasteiger partial charge in [0.2, 0.25) is 5.78 Å². The third kappa shape index (κ3) is 2.75. The molecule has 22 heavy (non-hydrogen) atoms. The molecule has 112 valence electrons. The molecule has 1 saturated carbocycles. The fraction of sp³-hybridized carbons (Fsp3) is 0.333. The van der Waals surface area contributed by atoms with E-state index in [1.807, 2.05) is 19.9 Å². The first kappa shape index (κ1) is 14.4. The summed E-state index contributed by atoms with van der Waals surface area (Å²) >= 11 is 0. The van der Waals surface area contributed by atoms with Gasteiger partial charge >= 0.3 is 0 Å². The summed E-state index contributed by atoms with van der Waals surface area (Å²) in [4.78, 5) is 12.4. The molecule has 0 unspecified atom stereocenters. The van der Waals surface area contributed by atoms with Crippen LogP contribution >= 0.6 is 0 Å². The van der Waals surface area contributed by atoms with E-state index in [-0.39, 0.29) is 12.4 Å². The lowest BCUT2D eigenvalue weighted by molar-refractivity contribution is 0.0921. The number of nitriles is 1. The number of aromatic nitrogens is 1. The third-order valence-corrected chi connectivity index (χ3v) is 4.03. The quantitative estimate of drug-likeness (QED) is 0.792. The number of nitrogens with zero attached hydrogens (tertiary/aromatic N) is 2. The van der Waals surface area contributed by atoms with Crippen molar-refractivity contribution in [2.24, 2.45) is 0 Å². The molecule has 0 radical (unpaired) electrons. The highest BCUT2D eigenvalue weighted by Gasteiger charge is 2.28. The van der Waals surface area contributed by atoms with Crippen LogP contribution < -0.4 is 4.74 Å². The lowest BCUT2D eigenvalue weighted by Gasteiger charge is -2.08. The topological polar surface area (TPSA) is 55.0 Å². The zero-order valence-electron chi connectivity index (χ0n) is 12.8. The Morgan fingerprint density at radius 1 is 1.36 bits per heavy atom. The van der Waals surface area contributed by atoms with E-state index in [0.29, 0.717) is 17.4 Å². The first-order valence-electron chi connectivity index (χ1n) is 7.44. The highest BCUT2D eigenvalue weighted by Crippen LogP contribution is 2.38. The average Bonchev–Trinajstić information content (AvgIpc) is 3.30. The largest absolute Gasteiger partial charge is 0.485 e. The Balaban J connectivity index is 1.72. The highest BCUT2D eigenvalue weighted by molar-refractivity contribution is 5.98. The molecular weight excluding hydrogens is 276 g/mol. The number of ketones is 1. The molecule has 0 amide bonds. The minimum atomic E-state index is -0.0256.